The molecule has 7 heteroatoms. The quantitative estimate of drug-likeness (QED) is 0.834. The van der Waals surface area contributed by atoms with Gasteiger partial charge in [0.1, 0.15) is 13.2 Å². The fourth-order valence-electron chi connectivity index (χ4n) is 2.07. The van der Waals surface area contributed by atoms with Crippen molar-refractivity contribution in [2.75, 3.05) is 5.73 Å². The molecule has 0 aromatic carbocycles. The third-order valence-corrected chi connectivity index (χ3v) is 3.49. The predicted octanol–water partition coefficient (Wildman–Crippen LogP) is 1.12. The van der Waals surface area contributed by atoms with Gasteiger partial charge in [0.2, 0.25) is 0 Å². The summed E-state index contributed by atoms with van der Waals surface area (Å²) in [6.07, 6.45) is 0.854. The van der Waals surface area contributed by atoms with E-state index in [-0.39, 0.29) is 19.1 Å². The number of carbonyl (C=O) groups excluding carboxylic acids is 1. The summed E-state index contributed by atoms with van der Waals surface area (Å²) in [5.74, 6) is -0.347. The highest BCUT2D eigenvalue weighted by Gasteiger charge is 2.13. The van der Waals surface area contributed by atoms with Gasteiger partial charge < -0.3 is 10.5 Å². The molecule has 0 saturated carbocycles. The molecule has 0 aliphatic carbocycles. The van der Waals surface area contributed by atoms with Crippen LogP contribution in [-0.2, 0) is 36.2 Å². The van der Waals surface area contributed by atoms with Crippen LogP contribution in [0.25, 0.3) is 0 Å². The molecule has 2 aromatic rings. The minimum absolute atomic E-state index is 0.0579. The van der Waals surface area contributed by atoms with Crippen molar-refractivity contribution in [3.63, 3.8) is 0 Å². The first kappa shape index (κ1) is 15.1. The number of nitrogens with two attached hydrogens (primary N) is 1. The third kappa shape index (κ3) is 3.24. The second-order valence-electron chi connectivity index (χ2n) is 5.01. The summed E-state index contributed by atoms with van der Waals surface area (Å²) in [6.45, 7) is 5.94. The second kappa shape index (κ2) is 5.99. The molecule has 0 fully saturated rings. The van der Waals surface area contributed by atoms with E-state index in [4.69, 9.17) is 10.5 Å². The van der Waals surface area contributed by atoms with Crippen LogP contribution in [0.5, 0.6) is 0 Å². The molecule has 7 nitrogen and oxygen atoms in total. The number of anilines is 1. The van der Waals surface area contributed by atoms with Crippen LogP contribution in [0.2, 0.25) is 0 Å². The van der Waals surface area contributed by atoms with Crippen molar-refractivity contribution in [3.05, 3.63) is 28.8 Å². The van der Waals surface area contributed by atoms with Gasteiger partial charge in [-0.2, -0.15) is 10.2 Å². The Morgan fingerprint density at radius 1 is 1.38 bits per heavy atom. The van der Waals surface area contributed by atoms with Crippen LogP contribution in [0.15, 0.2) is 6.07 Å². The number of nitrogen functional groups attached to an aromatic ring is 1. The Labute approximate surface area is 123 Å². The van der Waals surface area contributed by atoms with Gasteiger partial charge in [-0.05, 0) is 26.3 Å². The number of hydrogen-bond acceptors (Lipinski definition) is 5. The fraction of sp³-hybridized carbons (Fsp3) is 0.500. The zero-order valence-electron chi connectivity index (χ0n) is 12.9. The SMILES string of the molecule is CCc1cc(COC(=O)Cn2nc(C)c(N)c2C)n(C)n1. The number of rotatable bonds is 5. The van der Waals surface area contributed by atoms with Crippen LogP contribution in [0, 0.1) is 13.8 Å². The standard InChI is InChI=1S/C14H21N5O2/c1-5-11-6-12(18(4)17-11)8-21-13(20)7-19-10(3)14(15)9(2)16-19/h6H,5,7-8,15H2,1-4H3. The normalized spacial score (nSPS) is 10.9. The summed E-state index contributed by atoms with van der Waals surface area (Å²) < 4.78 is 8.57. The van der Waals surface area contributed by atoms with Crippen molar-refractivity contribution in [2.45, 2.75) is 40.3 Å². The minimum Gasteiger partial charge on any atom is -0.458 e. The molecule has 2 aromatic heterocycles. The fourth-order valence-corrected chi connectivity index (χ4v) is 2.07. The highest BCUT2D eigenvalue weighted by molar-refractivity contribution is 5.69. The smallest absolute Gasteiger partial charge is 0.328 e. The van der Waals surface area contributed by atoms with Crippen LogP contribution in [0.1, 0.15) is 29.7 Å². The van der Waals surface area contributed by atoms with Crippen LogP contribution in [-0.4, -0.2) is 25.5 Å². The molecule has 0 amide bonds. The Morgan fingerprint density at radius 2 is 2.10 bits per heavy atom. The lowest BCUT2D eigenvalue weighted by Gasteiger charge is -2.06. The molecule has 21 heavy (non-hydrogen) atoms. The molecular formula is C14H21N5O2. The van der Waals surface area contributed by atoms with Gasteiger partial charge in [0.15, 0.2) is 0 Å². The van der Waals surface area contributed by atoms with Crippen molar-refractivity contribution in [2.24, 2.45) is 7.05 Å². The Bertz CT molecular complexity index is 657. The van der Waals surface area contributed by atoms with E-state index >= 15 is 0 Å². The average molecular weight is 291 g/mol. The maximum absolute atomic E-state index is 11.9. The molecule has 0 saturated heterocycles. The Hall–Kier alpha value is -2.31. The summed E-state index contributed by atoms with van der Waals surface area (Å²) >= 11 is 0. The van der Waals surface area contributed by atoms with E-state index in [1.54, 1.807) is 9.36 Å². The predicted molar refractivity (Wildman–Crippen MR) is 78.5 cm³/mol. The zero-order chi connectivity index (χ0) is 15.6. The third-order valence-electron chi connectivity index (χ3n) is 3.49. The van der Waals surface area contributed by atoms with Crippen LogP contribution in [0.4, 0.5) is 5.69 Å². The van der Waals surface area contributed by atoms with E-state index in [0.717, 1.165) is 29.2 Å². The van der Waals surface area contributed by atoms with Gasteiger partial charge in [-0.25, -0.2) is 0 Å². The van der Waals surface area contributed by atoms with Crippen molar-refractivity contribution >= 4 is 11.7 Å². The second-order valence-corrected chi connectivity index (χ2v) is 5.01. The summed E-state index contributed by atoms with van der Waals surface area (Å²) in [7, 11) is 1.84. The van der Waals surface area contributed by atoms with E-state index in [0.29, 0.717) is 5.69 Å². The number of carbonyl (C=O) groups is 1. The summed E-state index contributed by atoms with van der Waals surface area (Å²) in [5.41, 5.74) is 9.80. The first-order chi connectivity index (χ1) is 9.92. The van der Waals surface area contributed by atoms with E-state index in [2.05, 4.69) is 10.2 Å². The van der Waals surface area contributed by atoms with Crippen LogP contribution in [0.3, 0.4) is 0 Å². The van der Waals surface area contributed by atoms with Crippen molar-refractivity contribution < 1.29 is 9.53 Å². The monoisotopic (exact) mass is 291 g/mol. The lowest BCUT2D eigenvalue weighted by atomic mass is 10.3. The van der Waals surface area contributed by atoms with E-state index < -0.39 is 0 Å². The Morgan fingerprint density at radius 3 is 2.62 bits per heavy atom. The molecule has 0 bridgehead atoms. The maximum Gasteiger partial charge on any atom is 0.328 e. The largest absolute Gasteiger partial charge is 0.458 e. The highest BCUT2D eigenvalue weighted by atomic mass is 16.5. The first-order valence-electron chi connectivity index (χ1n) is 6.89. The van der Waals surface area contributed by atoms with E-state index in [9.17, 15) is 4.79 Å². The molecular weight excluding hydrogens is 270 g/mol. The van der Waals surface area contributed by atoms with Gasteiger partial charge in [-0.1, -0.05) is 6.92 Å². The maximum atomic E-state index is 11.9. The van der Waals surface area contributed by atoms with Crippen LogP contribution >= 0.6 is 0 Å². The van der Waals surface area contributed by atoms with Gasteiger partial charge in [-0.3, -0.25) is 14.2 Å². The van der Waals surface area contributed by atoms with Gasteiger partial charge in [0.25, 0.3) is 0 Å². The first-order valence-corrected chi connectivity index (χ1v) is 6.89. The Kier molecular flexibility index (Phi) is 4.30. The molecule has 2 heterocycles. The molecule has 114 valence electrons. The molecule has 0 unspecified atom stereocenters. The number of aromatic nitrogens is 4. The summed E-state index contributed by atoms with van der Waals surface area (Å²) in [6, 6.07) is 1.94. The molecule has 2 rings (SSSR count). The lowest BCUT2D eigenvalue weighted by Crippen LogP contribution is -2.16. The molecule has 0 aliphatic heterocycles. The van der Waals surface area contributed by atoms with E-state index in [1.807, 2.05) is 33.9 Å². The number of ether oxygens (including phenoxy) is 1. The zero-order valence-corrected chi connectivity index (χ0v) is 12.9. The number of esters is 1. The highest BCUT2D eigenvalue weighted by Crippen LogP contribution is 2.14. The summed E-state index contributed by atoms with van der Waals surface area (Å²) in [4.78, 5) is 11.9. The lowest BCUT2D eigenvalue weighted by molar-refractivity contribution is -0.146. The molecule has 0 atom stereocenters. The van der Waals surface area contributed by atoms with Crippen LogP contribution < -0.4 is 5.73 Å². The van der Waals surface area contributed by atoms with Crippen molar-refractivity contribution in [3.8, 4) is 0 Å². The van der Waals surface area contributed by atoms with E-state index in [1.165, 1.54) is 0 Å². The van der Waals surface area contributed by atoms with Gasteiger partial charge in [0, 0.05) is 7.05 Å². The number of hydrogen-bond donors (Lipinski definition) is 1. The van der Waals surface area contributed by atoms with Gasteiger partial charge >= 0.3 is 5.97 Å². The summed E-state index contributed by atoms with van der Waals surface area (Å²) in [5, 5.41) is 8.52. The molecule has 2 N–H and O–H groups in total. The Balaban J connectivity index is 1.95. The average Bonchev–Trinajstić information content (AvgIpc) is 2.92. The van der Waals surface area contributed by atoms with Gasteiger partial charge in [-0.15, -0.1) is 0 Å². The minimum atomic E-state index is -0.347. The molecule has 0 spiro atoms. The topological polar surface area (TPSA) is 88.0 Å². The van der Waals surface area contributed by atoms with Gasteiger partial charge in [0.05, 0.1) is 28.5 Å². The number of nitrogens with zero attached hydrogens (tertiary/aromatic N) is 4. The van der Waals surface area contributed by atoms with Crippen molar-refractivity contribution in [1.82, 2.24) is 19.6 Å². The molecule has 0 aliphatic rings. The molecule has 0 radical (unpaired) electrons. The number of aryl methyl sites for hydroxylation is 3. The van der Waals surface area contributed by atoms with Crippen molar-refractivity contribution in [1.29, 1.82) is 0 Å².